The van der Waals surface area contributed by atoms with Crippen LogP contribution in [0.4, 0.5) is 0 Å². The Labute approximate surface area is 147 Å². The number of hydrogen-bond donors (Lipinski definition) is 3. The van der Waals surface area contributed by atoms with Gasteiger partial charge >= 0.3 is 0 Å². The molecule has 0 fully saturated rings. The third-order valence-electron chi connectivity index (χ3n) is 3.30. The molecule has 5 heteroatoms. The topological polar surface area (TPSA) is 82.5 Å². The molecule has 4 rings (SSSR count). The Balaban J connectivity index is 0.000000158. The van der Waals surface area contributed by atoms with Crippen LogP contribution in [0.25, 0.3) is 17.2 Å². The minimum atomic E-state index is 0.880. The van der Waals surface area contributed by atoms with Gasteiger partial charge in [-0.3, -0.25) is 0 Å². The Bertz CT molecular complexity index is 725. The zero-order valence-electron chi connectivity index (χ0n) is 13.7. The van der Waals surface area contributed by atoms with Crippen molar-refractivity contribution in [3.63, 3.8) is 0 Å². The van der Waals surface area contributed by atoms with Crippen LogP contribution in [0.2, 0.25) is 0 Å². The number of hydroxylamine groups is 1. The molecule has 0 unspecified atom stereocenters. The molecule has 5 N–H and O–H groups in total. The lowest BCUT2D eigenvalue weighted by Gasteiger charge is -2.11. The second kappa shape index (κ2) is 10.6. The predicted molar refractivity (Wildman–Crippen MR) is 101 cm³/mol. The fourth-order valence-corrected chi connectivity index (χ4v) is 2.19. The number of rotatable bonds is 1. The van der Waals surface area contributed by atoms with Crippen molar-refractivity contribution >= 4 is 6.08 Å². The molecule has 5 nitrogen and oxygen atoms in total. The number of nitrogens with two attached hydrogens (primary N) is 2. The maximum Gasteiger partial charge on any atom is 0.162 e. The van der Waals surface area contributed by atoms with E-state index in [9.17, 15) is 0 Å². The van der Waals surface area contributed by atoms with E-state index in [1.165, 1.54) is 11.1 Å². The maximum atomic E-state index is 5.09. The first kappa shape index (κ1) is 18.2. The van der Waals surface area contributed by atoms with Crippen LogP contribution < -0.4 is 22.1 Å². The van der Waals surface area contributed by atoms with Crippen LogP contribution in [0.15, 0.2) is 91.1 Å². The molecule has 0 saturated carbocycles. The summed E-state index contributed by atoms with van der Waals surface area (Å²) in [6, 6.07) is 28.6. The molecule has 1 aliphatic heterocycles. The molecule has 0 bridgehead atoms. The molecule has 3 aromatic carbocycles. The third-order valence-corrected chi connectivity index (χ3v) is 3.30. The van der Waals surface area contributed by atoms with Gasteiger partial charge in [-0.1, -0.05) is 78.9 Å². The van der Waals surface area contributed by atoms with Crippen molar-refractivity contribution in [2.45, 2.75) is 0 Å². The molecule has 0 aliphatic carbocycles. The van der Waals surface area contributed by atoms with Gasteiger partial charge in [-0.2, -0.15) is 11.8 Å². The van der Waals surface area contributed by atoms with Gasteiger partial charge in [-0.05, 0) is 23.3 Å². The van der Waals surface area contributed by atoms with Gasteiger partial charge in [0.2, 0.25) is 0 Å². The molecular weight excluding hydrogens is 314 g/mol. The molecule has 0 atom stereocenters. The Hall–Kier alpha value is -3.12. The number of hydrogen-bond acceptors (Lipinski definition) is 5. The van der Waals surface area contributed by atoms with Crippen molar-refractivity contribution in [3.8, 4) is 16.9 Å². The first-order valence-corrected chi connectivity index (χ1v) is 7.69. The van der Waals surface area contributed by atoms with Crippen molar-refractivity contribution in [2.24, 2.45) is 11.8 Å². The van der Waals surface area contributed by atoms with Crippen LogP contribution in [-0.2, 0) is 4.94 Å². The van der Waals surface area contributed by atoms with Crippen LogP contribution in [0.1, 0.15) is 5.56 Å². The van der Waals surface area contributed by atoms with Crippen molar-refractivity contribution in [2.75, 3.05) is 0 Å². The fraction of sp³-hybridized carbons (Fsp3) is 0. The Morgan fingerprint density at radius 3 is 1.68 bits per heavy atom. The Kier molecular flexibility index (Phi) is 7.74. The van der Waals surface area contributed by atoms with E-state index in [1.54, 1.807) is 6.20 Å². The summed E-state index contributed by atoms with van der Waals surface area (Å²) < 4.78 is 0. The highest BCUT2D eigenvalue weighted by Gasteiger charge is 2.01. The molecule has 128 valence electrons. The number of benzene rings is 3. The highest BCUT2D eigenvalue weighted by Crippen LogP contribution is 2.20. The zero-order valence-corrected chi connectivity index (χ0v) is 13.7. The minimum Gasteiger partial charge on any atom is -0.382 e. The van der Waals surface area contributed by atoms with Gasteiger partial charge < -0.3 is 4.84 Å². The summed E-state index contributed by atoms with van der Waals surface area (Å²) in [6.45, 7) is 0. The molecule has 25 heavy (non-hydrogen) atoms. The highest BCUT2D eigenvalue weighted by atomic mass is 16.7. The first-order chi connectivity index (χ1) is 12.3. The molecule has 0 radical (unpaired) electrons. The quantitative estimate of drug-likeness (QED) is 0.591. The summed E-state index contributed by atoms with van der Waals surface area (Å²) in [6.07, 6.45) is 3.74. The van der Waals surface area contributed by atoms with E-state index in [2.05, 4.69) is 70.7 Å². The second-order valence-corrected chi connectivity index (χ2v) is 4.96. The Morgan fingerprint density at radius 1 is 0.680 bits per heavy atom. The van der Waals surface area contributed by atoms with Gasteiger partial charge in [0.25, 0.3) is 0 Å². The van der Waals surface area contributed by atoms with E-state index in [4.69, 9.17) is 4.84 Å². The normalized spacial score (nSPS) is 10.6. The lowest BCUT2D eigenvalue weighted by atomic mass is 10.1. The average molecular weight is 335 g/mol. The summed E-state index contributed by atoms with van der Waals surface area (Å²) in [4.78, 5) is 8.34. The van der Waals surface area contributed by atoms with E-state index >= 15 is 0 Å². The molecule has 0 saturated heterocycles. The molecule has 0 amide bonds. The average Bonchev–Trinajstić information content (AvgIpc) is 2.71. The van der Waals surface area contributed by atoms with Gasteiger partial charge in [0.05, 0.1) is 0 Å². The summed E-state index contributed by atoms with van der Waals surface area (Å²) in [5.41, 5.74) is 6.32. The van der Waals surface area contributed by atoms with Crippen molar-refractivity contribution < 1.29 is 9.78 Å². The first-order valence-electron chi connectivity index (χ1n) is 7.69. The summed E-state index contributed by atoms with van der Waals surface area (Å²) in [5, 5.41) is 0. The molecule has 1 heterocycles. The van der Waals surface area contributed by atoms with Gasteiger partial charge in [0.1, 0.15) is 0 Å². The SMILES string of the molecule is C1=Cc2ccccc2ON1.NON.c1ccc(-c2ccccc2)cc1. The maximum absolute atomic E-state index is 5.09. The van der Waals surface area contributed by atoms with E-state index in [0.29, 0.717) is 0 Å². The Morgan fingerprint density at radius 2 is 1.16 bits per heavy atom. The largest absolute Gasteiger partial charge is 0.382 e. The van der Waals surface area contributed by atoms with Crippen molar-refractivity contribution in [1.82, 2.24) is 5.48 Å². The minimum absolute atomic E-state index is 0.880. The monoisotopic (exact) mass is 335 g/mol. The van der Waals surface area contributed by atoms with E-state index in [0.717, 1.165) is 11.3 Å². The lowest BCUT2D eigenvalue weighted by Crippen LogP contribution is -2.13. The third kappa shape index (κ3) is 6.12. The van der Waals surface area contributed by atoms with Crippen LogP contribution in [0, 0.1) is 0 Å². The van der Waals surface area contributed by atoms with Crippen LogP contribution in [0.5, 0.6) is 5.75 Å². The van der Waals surface area contributed by atoms with Crippen LogP contribution >= 0.6 is 0 Å². The highest BCUT2D eigenvalue weighted by molar-refractivity contribution is 5.62. The van der Waals surface area contributed by atoms with E-state index in [-0.39, 0.29) is 0 Å². The van der Waals surface area contributed by atoms with Crippen molar-refractivity contribution in [3.05, 3.63) is 96.7 Å². The molecule has 0 aromatic heterocycles. The van der Waals surface area contributed by atoms with Crippen molar-refractivity contribution in [1.29, 1.82) is 0 Å². The standard InChI is InChI=1S/C12H10.C8H7NO.H4N2O/c1-3-7-11(8-4-1)12-9-5-2-6-10-12;1-2-4-8-7(3-1)5-6-9-10-8;1-3-2/h1-10H;1-6,9H;1-2H2. The van der Waals surface area contributed by atoms with E-state index < -0.39 is 0 Å². The molecule has 1 aliphatic rings. The lowest BCUT2D eigenvalue weighted by molar-refractivity contribution is 0.142. The summed E-state index contributed by atoms with van der Waals surface area (Å²) in [7, 11) is 0. The van der Waals surface area contributed by atoms with Crippen LogP contribution in [0.3, 0.4) is 0 Å². The van der Waals surface area contributed by atoms with Gasteiger partial charge in [-0.15, -0.1) is 0 Å². The molecular formula is C20H21N3O2. The van der Waals surface area contributed by atoms with Gasteiger partial charge in [0, 0.05) is 11.8 Å². The summed E-state index contributed by atoms with van der Waals surface area (Å²) >= 11 is 0. The van der Waals surface area contributed by atoms with Crippen LogP contribution in [-0.4, -0.2) is 0 Å². The summed E-state index contributed by atoms with van der Waals surface area (Å²) in [5.74, 6) is 9.13. The second-order valence-electron chi connectivity index (χ2n) is 4.96. The van der Waals surface area contributed by atoms with Gasteiger partial charge in [0.15, 0.2) is 5.75 Å². The fourth-order valence-electron chi connectivity index (χ4n) is 2.19. The predicted octanol–water partition coefficient (Wildman–Crippen LogP) is 3.66. The smallest absolute Gasteiger partial charge is 0.162 e. The molecule has 3 aromatic rings. The van der Waals surface area contributed by atoms with Gasteiger partial charge in [-0.25, -0.2) is 10.4 Å². The number of para-hydroxylation sites is 1. The number of fused-ring (bicyclic) bond motifs is 1. The number of nitrogens with one attached hydrogen (secondary N) is 1. The van der Waals surface area contributed by atoms with E-state index in [1.807, 2.05) is 42.5 Å². The molecule has 0 spiro atoms. The zero-order chi connectivity index (χ0) is 17.7.